The fourth-order valence-corrected chi connectivity index (χ4v) is 3.41. The zero-order valence-electron chi connectivity index (χ0n) is 20.1. The first-order valence-corrected chi connectivity index (χ1v) is 11.2. The highest BCUT2D eigenvalue weighted by Gasteiger charge is 2.29. The smallest absolute Gasteiger partial charge is 0.261 e. The van der Waals surface area contributed by atoms with Crippen LogP contribution in [0.5, 0.6) is 11.5 Å². The van der Waals surface area contributed by atoms with Gasteiger partial charge in [-0.05, 0) is 68.5 Å². The average molecular weight is 441 g/mol. The number of carbonyl (C=O) groups is 2. The first-order chi connectivity index (χ1) is 15.3. The highest BCUT2D eigenvalue weighted by molar-refractivity contribution is 5.88. The van der Waals surface area contributed by atoms with Crippen LogP contribution in [0.3, 0.4) is 0 Å². The molecule has 0 aliphatic heterocycles. The van der Waals surface area contributed by atoms with Crippen LogP contribution in [0.1, 0.15) is 50.3 Å². The van der Waals surface area contributed by atoms with Gasteiger partial charge in [0, 0.05) is 12.6 Å². The molecule has 0 bridgehead atoms. The summed E-state index contributed by atoms with van der Waals surface area (Å²) in [6, 6.07) is 12.9. The van der Waals surface area contributed by atoms with E-state index in [1.165, 1.54) is 0 Å². The molecule has 174 valence electrons. The Morgan fingerprint density at radius 2 is 1.81 bits per heavy atom. The van der Waals surface area contributed by atoms with Crippen LogP contribution in [0.4, 0.5) is 0 Å². The third kappa shape index (κ3) is 7.01. The molecular formula is C26H36N2O4. The summed E-state index contributed by atoms with van der Waals surface area (Å²) in [5.41, 5.74) is 2.91. The van der Waals surface area contributed by atoms with Crippen LogP contribution in [0.25, 0.3) is 0 Å². The first kappa shape index (κ1) is 25.2. The molecular weight excluding hydrogens is 404 g/mol. The van der Waals surface area contributed by atoms with Gasteiger partial charge in [-0.2, -0.15) is 0 Å². The van der Waals surface area contributed by atoms with Crippen LogP contribution in [0.2, 0.25) is 0 Å². The van der Waals surface area contributed by atoms with E-state index in [9.17, 15) is 9.59 Å². The summed E-state index contributed by atoms with van der Waals surface area (Å²) in [6.45, 7) is 9.97. The molecule has 6 heteroatoms. The van der Waals surface area contributed by atoms with Gasteiger partial charge in [0.2, 0.25) is 5.91 Å². The molecule has 2 aromatic rings. The van der Waals surface area contributed by atoms with Crippen LogP contribution < -0.4 is 14.8 Å². The number of nitrogens with one attached hydrogen (secondary N) is 1. The molecule has 0 saturated carbocycles. The zero-order chi connectivity index (χ0) is 23.7. The van der Waals surface area contributed by atoms with Crippen LogP contribution in [-0.4, -0.2) is 42.5 Å². The van der Waals surface area contributed by atoms with E-state index in [2.05, 4.69) is 5.32 Å². The molecule has 2 rings (SSSR count). The topological polar surface area (TPSA) is 67.9 Å². The van der Waals surface area contributed by atoms with E-state index >= 15 is 0 Å². The fourth-order valence-electron chi connectivity index (χ4n) is 3.41. The van der Waals surface area contributed by atoms with Gasteiger partial charge in [-0.15, -0.1) is 0 Å². The number of amides is 2. The van der Waals surface area contributed by atoms with Crippen molar-refractivity contribution < 1.29 is 19.1 Å². The Bertz CT molecular complexity index is 912. The molecule has 32 heavy (non-hydrogen) atoms. The van der Waals surface area contributed by atoms with Gasteiger partial charge in [0.25, 0.3) is 5.91 Å². The Balaban J connectivity index is 2.27. The molecule has 0 heterocycles. The second kappa shape index (κ2) is 12.1. The predicted molar refractivity (Wildman–Crippen MR) is 127 cm³/mol. The monoisotopic (exact) mass is 440 g/mol. The SMILES string of the molecule is CC[C@H](C)NC(=O)[C@H](CC)N(Cc1cccc(OC)c1)C(=O)COc1cc(C)ccc1C. The number of benzene rings is 2. The van der Waals surface area contributed by atoms with Gasteiger partial charge in [-0.3, -0.25) is 9.59 Å². The van der Waals surface area contributed by atoms with Gasteiger partial charge in [0.05, 0.1) is 7.11 Å². The highest BCUT2D eigenvalue weighted by atomic mass is 16.5. The summed E-state index contributed by atoms with van der Waals surface area (Å²) in [4.78, 5) is 27.9. The molecule has 0 fully saturated rings. The van der Waals surface area contributed by atoms with E-state index in [1.54, 1.807) is 12.0 Å². The number of rotatable bonds is 11. The number of nitrogens with zero attached hydrogens (tertiary/aromatic N) is 1. The zero-order valence-corrected chi connectivity index (χ0v) is 20.1. The molecule has 1 N–H and O–H groups in total. The van der Waals surface area contributed by atoms with Crippen molar-refractivity contribution in [2.24, 2.45) is 0 Å². The Labute approximate surface area is 191 Å². The Kier molecular flexibility index (Phi) is 9.57. The normalized spacial score (nSPS) is 12.6. The number of methoxy groups -OCH3 is 1. The summed E-state index contributed by atoms with van der Waals surface area (Å²) >= 11 is 0. The highest BCUT2D eigenvalue weighted by Crippen LogP contribution is 2.21. The largest absolute Gasteiger partial charge is 0.497 e. The van der Waals surface area contributed by atoms with Crippen molar-refractivity contribution >= 4 is 11.8 Å². The second-order valence-electron chi connectivity index (χ2n) is 8.17. The van der Waals surface area contributed by atoms with Gasteiger partial charge < -0.3 is 19.7 Å². The lowest BCUT2D eigenvalue weighted by molar-refractivity contribution is -0.143. The minimum Gasteiger partial charge on any atom is -0.497 e. The van der Waals surface area contributed by atoms with Crippen molar-refractivity contribution in [3.8, 4) is 11.5 Å². The van der Waals surface area contributed by atoms with Crippen LogP contribution >= 0.6 is 0 Å². The van der Waals surface area contributed by atoms with Gasteiger partial charge in [-0.25, -0.2) is 0 Å². The number of hydrogen-bond acceptors (Lipinski definition) is 4. The van der Waals surface area contributed by atoms with E-state index < -0.39 is 6.04 Å². The summed E-state index contributed by atoms with van der Waals surface area (Å²) in [7, 11) is 1.61. The molecule has 2 amide bonds. The molecule has 0 aromatic heterocycles. The van der Waals surface area contributed by atoms with Crippen molar-refractivity contribution in [1.82, 2.24) is 10.2 Å². The average Bonchev–Trinajstić information content (AvgIpc) is 2.79. The van der Waals surface area contributed by atoms with Gasteiger partial charge >= 0.3 is 0 Å². The van der Waals surface area contributed by atoms with Crippen molar-refractivity contribution in [2.75, 3.05) is 13.7 Å². The Morgan fingerprint density at radius 1 is 1.06 bits per heavy atom. The Morgan fingerprint density at radius 3 is 2.47 bits per heavy atom. The standard InChI is InChI=1S/C26H36N2O4/c1-7-20(5)27-26(30)23(8-2)28(16-21-10-9-11-22(15-21)31-6)25(29)17-32-24-14-18(3)12-13-19(24)4/h9-15,20,23H,7-8,16-17H2,1-6H3,(H,27,30)/t20-,23-/m0/s1. The molecule has 2 aromatic carbocycles. The molecule has 0 radical (unpaired) electrons. The predicted octanol–water partition coefficient (Wildman–Crippen LogP) is 4.41. The van der Waals surface area contributed by atoms with Gasteiger partial charge in [0.1, 0.15) is 17.5 Å². The maximum Gasteiger partial charge on any atom is 0.261 e. The third-order valence-corrected chi connectivity index (χ3v) is 5.57. The molecule has 0 saturated heterocycles. The van der Waals surface area contributed by atoms with E-state index in [0.717, 1.165) is 23.1 Å². The lowest BCUT2D eigenvalue weighted by Crippen LogP contribution is -2.51. The summed E-state index contributed by atoms with van der Waals surface area (Å²) in [6.07, 6.45) is 1.32. The quantitative estimate of drug-likeness (QED) is 0.562. The van der Waals surface area contributed by atoms with E-state index in [-0.39, 0.29) is 24.5 Å². The maximum atomic E-state index is 13.3. The number of hydrogen-bond donors (Lipinski definition) is 1. The first-order valence-electron chi connectivity index (χ1n) is 11.2. The van der Waals surface area contributed by atoms with Crippen molar-refractivity contribution in [3.63, 3.8) is 0 Å². The summed E-state index contributed by atoms with van der Waals surface area (Å²) in [5, 5.41) is 3.02. The van der Waals surface area contributed by atoms with E-state index in [1.807, 2.05) is 77.1 Å². The second-order valence-corrected chi connectivity index (χ2v) is 8.17. The van der Waals surface area contributed by atoms with E-state index in [0.29, 0.717) is 24.5 Å². The molecule has 2 atom stereocenters. The van der Waals surface area contributed by atoms with Gasteiger partial charge in [-0.1, -0.05) is 38.1 Å². The van der Waals surface area contributed by atoms with Gasteiger partial charge in [0.15, 0.2) is 6.61 Å². The maximum absolute atomic E-state index is 13.3. The summed E-state index contributed by atoms with van der Waals surface area (Å²) < 4.78 is 11.2. The Hall–Kier alpha value is -3.02. The fraction of sp³-hybridized carbons (Fsp3) is 0.462. The van der Waals surface area contributed by atoms with Crippen LogP contribution in [0.15, 0.2) is 42.5 Å². The minimum absolute atomic E-state index is 0.0384. The van der Waals surface area contributed by atoms with Crippen LogP contribution in [-0.2, 0) is 16.1 Å². The minimum atomic E-state index is -0.593. The number of aryl methyl sites for hydroxylation is 2. The molecule has 0 aliphatic carbocycles. The lowest BCUT2D eigenvalue weighted by atomic mass is 10.1. The van der Waals surface area contributed by atoms with E-state index in [4.69, 9.17) is 9.47 Å². The third-order valence-electron chi connectivity index (χ3n) is 5.57. The molecule has 0 unspecified atom stereocenters. The molecule has 0 aliphatic rings. The van der Waals surface area contributed by atoms with Crippen molar-refractivity contribution in [2.45, 2.75) is 66.1 Å². The lowest BCUT2D eigenvalue weighted by Gasteiger charge is -2.31. The van der Waals surface area contributed by atoms with Crippen molar-refractivity contribution in [1.29, 1.82) is 0 Å². The number of ether oxygens (including phenoxy) is 2. The molecule has 6 nitrogen and oxygen atoms in total. The van der Waals surface area contributed by atoms with Crippen molar-refractivity contribution in [3.05, 3.63) is 59.2 Å². The summed E-state index contributed by atoms with van der Waals surface area (Å²) in [5.74, 6) is 1.00. The van der Waals surface area contributed by atoms with Crippen LogP contribution in [0, 0.1) is 13.8 Å². The number of carbonyl (C=O) groups excluding carboxylic acids is 2. The molecule has 0 spiro atoms.